The Morgan fingerprint density at radius 1 is 1.19 bits per heavy atom. The maximum absolute atomic E-state index is 9.45. The largest absolute Gasteiger partial charge is 0.388 e. The van der Waals surface area contributed by atoms with E-state index in [1.807, 2.05) is 13.8 Å². The summed E-state index contributed by atoms with van der Waals surface area (Å²) in [5.74, 6) is 0.720. The monoisotopic (exact) mass is 228 g/mol. The molecule has 0 saturated carbocycles. The van der Waals surface area contributed by atoms with Gasteiger partial charge < -0.3 is 15.1 Å². The first-order chi connectivity index (χ1) is 7.58. The van der Waals surface area contributed by atoms with Crippen LogP contribution in [0, 0.1) is 5.92 Å². The molecule has 3 nitrogen and oxygen atoms in total. The van der Waals surface area contributed by atoms with Gasteiger partial charge in [-0.1, -0.05) is 12.2 Å². The molecular formula is C13H26NO2+. The Hall–Kier alpha value is -0.380. The highest BCUT2D eigenvalue weighted by atomic mass is 16.3. The normalized spacial score (nSPS) is 24.7. The average molecular weight is 228 g/mol. The number of aliphatic hydroxyl groups excluding tert-OH is 2. The fraction of sp³-hybridized carbons (Fsp3) is 0.846. The smallest absolute Gasteiger partial charge is 0.103 e. The van der Waals surface area contributed by atoms with Gasteiger partial charge in [0.2, 0.25) is 0 Å². The predicted molar refractivity (Wildman–Crippen MR) is 65.4 cm³/mol. The molecule has 94 valence electrons. The van der Waals surface area contributed by atoms with Crippen LogP contribution in [-0.2, 0) is 0 Å². The molecule has 1 aliphatic rings. The molecule has 0 bridgehead atoms. The molecule has 0 aromatic rings. The fourth-order valence-corrected chi connectivity index (χ4v) is 2.54. The Morgan fingerprint density at radius 2 is 1.81 bits per heavy atom. The Balaban J connectivity index is 2.38. The Labute approximate surface area is 98.8 Å². The van der Waals surface area contributed by atoms with Gasteiger partial charge in [0.05, 0.1) is 6.54 Å². The minimum Gasteiger partial charge on any atom is -0.388 e. The quantitative estimate of drug-likeness (QED) is 0.560. The summed E-state index contributed by atoms with van der Waals surface area (Å²) in [6.45, 7) is 6.20. The lowest BCUT2D eigenvalue weighted by Gasteiger charge is -2.27. The van der Waals surface area contributed by atoms with Crippen molar-refractivity contribution in [2.45, 2.75) is 45.3 Å². The highest BCUT2D eigenvalue weighted by Crippen LogP contribution is 2.15. The molecule has 0 aliphatic heterocycles. The zero-order valence-electron chi connectivity index (χ0n) is 10.5. The standard InChI is InChI=1S/C13H25NO2/c1-11(15)8-14(9-12(2)16)10-13-6-4-3-5-7-13/h3-4,11-13,15-16H,5-10H2,1-2H3/p+1/t11-,12-,13-/m1/s1. The molecule has 0 fully saturated rings. The fourth-order valence-electron chi connectivity index (χ4n) is 2.54. The van der Waals surface area contributed by atoms with Crippen LogP contribution in [0.25, 0.3) is 0 Å². The van der Waals surface area contributed by atoms with Gasteiger partial charge in [0, 0.05) is 5.92 Å². The van der Waals surface area contributed by atoms with Crippen LogP contribution in [0.2, 0.25) is 0 Å². The summed E-state index contributed by atoms with van der Waals surface area (Å²) >= 11 is 0. The van der Waals surface area contributed by atoms with Crippen molar-refractivity contribution < 1.29 is 15.1 Å². The highest BCUT2D eigenvalue weighted by Gasteiger charge is 2.20. The van der Waals surface area contributed by atoms with E-state index in [4.69, 9.17) is 0 Å². The third-order valence-electron chi connectivity index (χ3n) is 3.12. The van der Waals surface area contributed by atoms with Gasteiger partial charge in [0.15, 0.2) is 0 Å². The van der Waals surface area contributed by atoms with Gasteiger partial charge in [-0.2, -0.15) is 0 Å². The topological polar surface area (TPSA) is 44.9 Å². The first-order valence-electron chi connectivity index (χ1n) is 6.42. The molecule has 0 amide bonds. The summed E-state index contributed by atoms with van der Waals surface area (Å²) in [6.07, 6.45) is 7.53. The lowest BCUT2D eigenvalue weighted by Crippen LogP contribution is -3.14. The molecule has 0 unspecified atom stereocenters. The van der Waals surface area contributed by atoms with Gasteiger partial charge >= 0.3 is 0 Å². The molecule has 3 N–H and O–H groups in total. The van der Waals surface area contributed by atoms with Crippen LogP contribution in [0.4, 0.5) is 0 Å². The Morgan fingerprint density at radius 3 is 2.25 bits per heavy atom. The lowest BCUT2D eigenvalue weighted by molar-refractivity contribution is -0.909. The Bertz CT molecular complexity index is 204. The van der Waals surface area contributed by atoms with Crippen molar-refractivity contribution in [1.29, 1.82) is 0 Å². The summed E-state index contributed by atoms with van der Waals surface area (Å²) in [5.41, 5.74) is 0. The second kappa shape index (κ2) is 7.05. The van der Waals surface area contributed by atoms with Gasteiger partial charge in [-0.25, -0.2) is 0 Å². The van der Waals surface area contributed by atoms with Crippen molar-refractivity contribution in [3.63, 3.8) is 0 Å². The maximum Gasteiger partial charge on any atom is 0.103 e. The van der Waals surface area contributed by atoms with Crippen molar-refractivity contribution in [3.8, 4) is 0 Å². The van der Waals surface area contributed by atoms with Crippen LogP contribution in [0.1, 0.15) is 33.1 Å². The van der Waals surface area contributed by atoms with Crippen LogP contribution in [0.5, 0.6) is 0 Å². The van der Waals surface area contributed by atoms with E-state index in [1.54, 1.807) is 0 Å². The minimum absolute atomic E-state index is 0.284. The van der Waals surface area contributed by atoms with Crippen molar-refractivity contribution >= 4 is 0 Å². The second-order valence-electron chi connectivity index (χ2n) is 5.21. The molecule has 0 heterocycles. The first kappa shape index (κ1) is 13.7. The molecule has 16 heavy (non-hydrogen) atoms. The summed E-state index contributed by atoms with van der Waals surface area (Å²) in [4.78, 5) is 1.32. The van der Waals surface area contributed by atoms with Gasteiger partial charge in [-0.05, 0) is 33.1 Å². The van der Waals surface area contributed by atoms with Crippen LogP contribution in [-0.4, -0.2) is 42.1 Å². The molecule has 0 spiro atoms. The number of hydrogen-bond donors (Lipinski definition) is 3. The van der Waals surface area contributed by atoms with E-state index in [9.17, 15) is 10.2 Å². The summed E-state index contributed by atoms with van der Waals surface area (Å²) in [6, 6.07) is 0. The summed E-state index contributed by atoms with van der Waals surface area (Å²) in [7, 11) is 0. The zero-order chi connectivity index (χ0) is 12.0. The highest BCUT2D eigenvalue weighted by molar-refractivity contribution is 4.89. The predicted octanol–water partition coefficient (Wildman–Crippen LogP) is -0.0108. The van der Waals surface area contributed by atoms with Gasteiger partial charge in [-0.15, -0.1) is 0 Å². The second-order valence-corrected chi connectivity index (χ2v) is 5.21. The van der Waals surface area contributed by atoms with Crippen LogP contribution < -0.4 is 4.90 Å². The number of hydrogen-bond acceptors (Lipinski definition) is 2. The average Bonchev–Trinajstić information content (AvgIpc) is 2.16. The number of rotatable bonds is 6. The third kappa shape index (κ3) is 5.64. The first-order valence-corrected chi connectivity index (χ1v) is 6.42. The molecule has 3 heteroatoms. The number of nitrogens with one attached hydrogen (secondary N) is 1. The van der Waals surface area contributed by atoms with E-state index < -0.39 is 0 Å². The van der Waals surface area contributed by atoms with Gasteiger partial charge in [-0.3, -0.25) is 0 Å². The molecule has 1 rings (SSSR count). The van der Waals surface area contributed by atoms with E-state index >= 15 is 0 Å². The molecule has 3 atom stereocenters. The lowest BCUT2D eigenvalue weighted by atomic mass is 9.94. The van der Waals surface area contributed by atoms with Crippen LogP contribution in [0.15, 0.2) is 12.2 Å². The van der Waals surface area contributed by atoms with E-state index in [2.05, 4.69) is 12.2 Å². The Kier molecular flexibility index (Phi) is 6.03. The van der Waals surface area contributed by atoms with Crippen molar-refractivity contribution in [3.05, 3.63) is 12.2 Å². The molecule has 0 aromatic heterocycles. The van der Waals surface area contributed by atoms with E-state index in [0.29, 0.717) is 0 Å². The van der Waals surface area contributed by atoms with Gasteiger partial charge in [0.1, 0.15) is 25.3 Å². The van der Waals surface area contributed by atoms with Crippen molar-refractivity contribution in [1.82, 2.24) is 0 Å². The van der Waals surface area contributed by atoms with E-state index in [1.165, 1.54) is 17.7 Å². The SMILES string of the molecule is C[C@@H](O)C[NH+](C[C@@H]1CC=CCC1)C[C@@H](C)O. The minimum atomic E-state index is -0.284. The van der Waals surface area contributed by atoms with Crippen LogP contribution >= 0.6 is 0 Å². The summed E-state index contributed by atoms with van der Waals surface area (Å²) < 4.78 is 0. The number of allylic oxidation sites excluding steroid dienone is 2. The zero-order valence-corrected chi connectivity index (χ0v) is 10.5. The van der Waals surface area contributed by atoms with Crippen LogP contribution in [0.3, 0.4) is 0 Å². The summed E-state index contributed by atoms with van der Waals surface area (Å²) in [5, 5.41) is 18.9. The number of quaternary nitrogens is 1. The van der Waals surface area contributed by atoms with E-state index in [-0.39, 0.29) is 12.2 Å². The van der Waals surface area contributed by atoms with Gasteiger partial charge in [0.25, 0.3) is 0 Å². The van der Waals surface area contributed by atoms with Crippen molar-refractivity contribution in [2.24, 2.45) is 5.92 Å². The maximum atomic E-state index is 9.45. The third-order valence-corrected chi connectivity index (χ3v) is 3.12. The number of aliphatic hydroxyl groups is 2. The van der Waals surface area contributed by atoms with E-state index in [0.717, 1.165) is 32.0 Å². The molecule has 0 aromatic carbocycles. The molecular weight excluding hydrogens is 202 g/mol. The van der Waals surface area contributed by atoms with Crippen molar-refractivity contribution in [2.75, 3.05) is 19.6 Å². The molecule has 0 radical (unpaired) electrons. The molecule has 1 aliphatic carbocycles. The molecule has 0 saturated heterocycles.